The molecule has 4 aliphatic heterocycles. The molecule has 2 aromatic rings. The van der Waals surface area contributed by atoms with Crippen molar-refractivity contribution in [3.05, 3.63) is 59.0 Å². The molecule has 4 atom stereocenters. The lowest BCUT2D eigenvalue weighted by molar-refractivity contribution is 0.00120. The molecule has 30 heavy (non-hydrogen) atoms. The Kier molecular flexibility index (Phi) is 4.30. The first-order valence-corrected chi connectivity index (χ1v) is 11.1. The van der Waals surface area contributed by atoms with E-state index in [1.807, 2.05) is 17.0 Å². The summed E-state index contributed by atoms with van der Waals surface area (Å²) in [7, 11) is 0. The summed E-state index contributed by atoms with van der Waals surface area (Å²) in [5, 5.41) is 9.79. The van der Waals surface area contributed by atoms with E-state index in [9.17, 15) is 9.90 Å². The third kappa shape index (κ3) is 2.85. The summed E-state index contributed by atoms with van der Waals surface area (Å²) in [5.41, 5.74) is 2.56. The van der Waals surface area contributed by atoms with Crippen LogP contribution >= 0.6 is 0 Å². The van der Waals surface area contributed by atoms with Crippen LogP contribution < -0.4 is 0 Å². The number of furan rings is 1. The van der Waals surface area contributed by atoms with Crippen molar-refractivity contribution in [3.63, 3.8) is 0 Å². The SMILES string of the molecule is O=C(c1ccc(CN2CCc3ccccc3C2)o1)N1C[C@H]2[C@@H](CO)[C@@H]3CC[C@@]2(C1)O3. The highest BCUT2D eigenvalue weighted by Gasteiger charge is 2.63. The lowest BCUT2D eigenvalue weighted by Gasteiger charge is -2.27. The second-order valence-corrected chi connectivity index (χ2v) is 9.39. The highest BCUT2D eigenvalue weighted by molar-refractivity contribution is 5.92. The van der Waals surface area contributed by atoms with Gasteiger partial charge in [0.1, 0.15) is 5.76 Å². The van der Waals surface area contributed by atoms with Gasteiger partial charge in [0, 0.05) is 38.1 Å². The molecule has 1 N–H and O–H groups in total. The zero-order valence-electron chi connectivity index (χ0n) is 17.1. The third-order valence-corrected chi connectivity index (χ3v) is 7.74. The number of aliphatic hydroxyl groups is 1. The number of hydrogen-bond donors (Lipinski definition) is 1. The topological polar surface area (TPSA) is 66.2 Å². The average molecular weight is 408 g/mol. The van der Waals surface area contributed by atoms with Gasteiger partial charge in [-0.05, 0) is 42.5 Å². The maximum atomic E-state index is 13.1. The lowest BCUT2D eigenvalue weighted by atomic mass is 9.74. The van der Waals surface area contributed by atoms with E-state index in [4.69, 9.17) is 9.15 Å². The minimum absolute atomic E-state index is 0.0576. The van der Waals surface area contributed by atoms with E-state index in [-0.39, 0.29) is 36.1 Å². The van der Waals surface area contributed by atoms with Gasteiger partial charge in [-0.1, -0.05) is 24.3 Å². The standard InChI is InChI=1S/C24H28N2O4/c27-14-19-20-13-26(15-24(20)9-7-21(19)30-24)23(28)22-6-5-18(29-22)12-25-10-8-16-3-1-2-4-17(16)11-25/h1-6,19-21,27H,7-15H2/t19-,20+,21+,24+/m1/s1. The second-order valence-electron chi connectivity index (χ2n) is 9.39. The van der Waals surface area contributed by atoms with Gasteiger partial charge >= 0.3 is 0 Å². The van der Waals surface area contributed by atoms with Gasteiger partial charge in [-0.15, -0.1) is 0 Å². The number of ether oxygens (including phenoxy) is 1. The normalized spacial score (nSPS) is 32.4. The molecule has 0 radical (unpaired) electrons. The number of rotatable bonds is 4. The van der Waals surface area contributed by atoms with Gasteiger partial charge in [0.2, 0.25) is 0 Å². The molecule has 3 saturated heterocycles. The molecule has 1 spiro atoms. The molecule has 5 heterocycles. The van der Waals surface area contributed by atoms with E-state index in [1.54, 1.807) is 0 Å². The number of aliphatic hydroxyl groups excluding tert-OH is 1. The van der Waals surface area contributed by atoms with Crippen molar-refractivity contribution in [3.8, 4) is 0 Å². The van der Waals surface area contributed by atoms with E-state index >= 15 is 0 Å². The van der Waals surface area contributed by atoms with Crippen molar-refractivity contribution in [1.82, 2.24) is 9.80 Å². The van der Waals surface area contributed by atoms with Crippen molar-refractivity contribution in [2.24, 2.45) is 11.8 Å². The molecule has 1 amide bonds. The van der Waals surface area contributed by atoms with Crippen molar-refractivity contribution in [2.75, 3.05) is 26.2 Å². The van der Waals surface area contributed by atoms with Gasteiger partial charge in [-0.2, -0.15) is 0 Å². The van der Waals surface area contributed by atoms with Crippen molar-refractivity contribution in [1.29, 1.82) is 0 Å². The van der Waals surface area contributed by atoms with Crippen LogP contribution in [0.4, 0.5) is 0 Å². The molecule has 158 valence electrons. The van der Waals surface area contributed by atoms with Crippen LogP contribution in [0.5, 0.6) is 0 Å². The largest absolute Gasteiger partial charge is 0.455 e. The predicted molar refractivity (Wildman–Crippen MR) is 110 cm³/mol. The summed E-state index contributed by atoms with van der Waals surface area (Å²) in [6, 6.07) is 12.3. The first-order valence-electron chi connectivity index (χ1n) is 11.1. The molecule has 3 fully saturated rings. The first-order chi connectivity index (χ1) is 14.6. The van der Waals surface area contributed by atoms with Gasteiger partial charge in [-0.25, -0.2) is 0 Å². The molecule has 0 aliphatic carbocycles. The van der Waals surface area contributed by atoms with Crippen LogP contribution in [0.2, 0.25) is 0 Å². The minimum Gasteiger partial charge on any atom is -0.455 e. The summed E-state index contributed by atoms with van der Waals surface area (Å²) in [5.74, 6) is 1.59. The average Bonchev–Trinajstić information content (AvgIpc) is 3.53. The summed E-state index contributed by atoms with van der Waals surface area (Å²) < 4.78 is 12.2. The van der Waals surface area contributed by atoms with Crippen LogP contribution in [-0.4, -0.2) is 58.8 Å². The number of carbonyl (C=O) groups excluding carboxylic acids is 1. The van der Waals surface area contributed by atoms with E-state index in [0.29, 0.717) is 25.4 Å². The molecule has 1 aromatic heterocycles. The van der Waals surface area contributed by atoms with Crippen LogP contribution in [-0.2, 0) is 24.2 Å². The lowest BCUT2D eigenvalue weighted by Crippen LogP contribution is -2.38. The van der Waals surface area contributed by atoms with Crippen LogP contribution in [0.15, 0.2) is 40.8 Å². The third-order valence-electron chi connectivity index (χ3n) is 7.74. The van der Waals surface area contributed by atoms with Gasteiger partial charge < -0.3 is 19.2 Å². The maximum Gasteiger partial charge on any atom is 0.289 e. The Morgan fingerprint density at radius 3 is 2.93 bits per heavy atom. The molecular formula is C24H28N2O4. The molecule has 1 aromatic carbocycles. The Labute approximate surface area is 176 Å². The maximum absolute atomic E-state index is 13.1. The van der Waals surface area contributed by atoms with Gasteiger partial charge in [0.15, 0.2) is 5.76 Å². The summed E-state index contributed by atoms with van der Waals surface area (Å²) >= 11 is 0. The molecule has 6 heteroatoms. The smallest absolute Gasteiger partial charge is 0.289 e. The first kappa shape index (κ1) is 18.6. The van der Waals surface area contributed by atoms with Crippen molar-refractivity contribution < 1.29 is 19.1 Å². The summed E-state index contributed by atoms with van der Waals surface area (Å²) in [6.07, 6.45) is 3.20. The Morgan fingerprint density at radius 2 is 2.07 bits per heavy atom. The monoisotopic (exact) mass is 408 g/mol. The molecule has 4 aliphatic rings. The minimum atomic E-state index is -0.246. The predicted octanol–water partition coefficient (Wildman–Crippen LogP) is 2.45. The highest BCUT2D eigenvalue weighted by Crippen LogP contribution is 2.54. The van der Waals surface area contributed by atoms with E-state index in [1.165, 1.54) is 11.1 Å². The Balaban J connectivity index is 1.13. The number of benzene rings is 1. The van der Waals surface area contributed by atoms with E-state index < -0.39 is 0 Å². The zero-order chi connectivity index (χ0) is 20.3. The fourth-order valence-electron chi connectivity index (χ4n) is 6.23. The van der Waals surface area contributed by atoms with E-state index in [0.717, 1.165) is 38.1 Å². The van der Waals surface area contributed by atoms with Crippen molar-refractivity contribution in [2.45, 2.75) is 44.1 Å². The number of nitrogens with zero attached hydrogens (tertiary/aromatic N) is 2. The van der Waals surface area contributed by atoms with Gasteiger partial charge in [0.05, 0.1) is 24.8 Å². The molecular weight excluding hydrogens is 380 g/mol. The van der Waals surface area contributed by atoms with Crippen LogP contribution in [0.3, 0.4) is 0 Å². The zero-order valence-corrected chi connectivity index (χ0v) is 17.1. The highest BCUT2D eigenvalue weighted by atomic mass is 16.5. The van der Waals surface area contributed by atoms with Gasteiger partial charge in [-0.3, -0.25) is 9.69 Å². The molecule has 6 nitrogen and oxygen atoms in total. The summed E-state index contributed by atoms with van der Waals surface area (Å²) in [4.78, 5) is 17.4. The van der Waals surface area contributed by atoms with Crippen LogP contribution in [0.1, 0.15) is 40.3 Å². The van der Waals surface area contributed by atoms with Crippen molar-refractivity contribution >= 4 is 5.91 Å². The number of fused-ring (bicyclic) bond motifs is 2. The number of amides is 1. The molecule has 6 rings (SSSR count). The fourth-order valence-corrected chi connectivity index (χ4v) is 6.23. The number of likely N-dealkylation sites (tertiary alicyclic amines) is 1. The quantitative estimate of drug-likeness (QED) is 0.842. The number of carbonyl (C=O) groups is 1. The Morgan fingerprint density at radius 1 is 1.20 bits per heavy atom. The molecule has 0 unspecified atom stereocenters. The van der Waals surface area contributed by atoms with Crippen LogP contribution in [0.25, 0.3) is 0 Å². The second kappa shape index (κ2) is 6.94. The van der Waals surface area contributed by atoms with E-state index in [2.05, 4.69) is 29.2 Å². The Bertz CT molecular complexity index is 972. The molecule has 0 saturated carbocycles. The Hall–Kier alpha value is -2.15. The van der Waals surface area contributed by atoms with Crippen LogP contribution in [0, 0.1) is 11.8 Å². The number of hydrogen-bond acceptors (Lipinski definition) is 5. The summed E-state index contributed by atoms with van der Waals surface area (Å²) in [6.45, 7) is 4.03. The molecule has 2 bridgehead atoms. The fraction of sp³-hybridized carbons (Fsp3) is 0.542. The van der Waals surface area contributed by atoms with Gasteiger partial charge in [0.25, 0.3) is 5.91 Å².